The van der Waals surface area contributed by atoms with Crippen LogP contribution in [0.1, 0.15) is 52.4 Å². The van der Waals surface area contributed by atoms with Gasteiger partial charge in [0, 0.05) is 17.8 Å². The molecule has 0 amide bonds. The Bertz CT molecular complexity index is 197. The van der Waals surface area contributed by atoms with Crippen LogP contribution >= 0.6 is 11.8 Å². The second kappa shape index (κ2) is 5.09. The predicted molar refractivity (Wildman–Crippen MR) is 69.5 cm³/mol. The van der Waals surface area contributed by atoms with E-state index >= 15 is 0 Å². The number of hydrogen-bond donors (Lipinski definition) is 1. The smallest absolute Gasteiger partial charge is 0.0172 e. The number of thioether (sulfide) groups is 1. The van der Waals surface area contributed by atoms with Gasteiger partial charge in [-0.1, -0.05) is 20.3 Å². The van der Waals surface area contributed by atoms with E-state index in [1.54, 1.807) is 0 Å². The fraction of sp³-hybridized carbons (Fsp3) is 1.00. The first-order valence-corrected chi connectivity index (χ1v) is 7.56. The van der Waals surface area contributed by atoms with Crippen LogP contribution in [0.5, 0.6) is 0 Å². The lowest BCUT2D eigenvalue weighted by atomic mass is 9.75. The molecule has 88 valence electrons. The summed E-state index contributed by atoms with van der Waals surface area (Å²) < 4.78 is 0. The largest absolute Gasteiger partial charge is 0.313 e. The van der Waals surface area contributed by atoms with E-state index in [2.05, 4.69) is 30.9 Å². The maximum Gasteiger partial charge on any atom is 0.0172 e. The molecule has 0 spiro atoms. The van der Waals surface area contributed by atoms with Crippen molar-refractivity contribution in [3.05, 3.63) is 0 Å². The van der Waals surface area contributed by atoms with Crippen LogP contribution in [0, 0.1) is 5.41 Å². The SMILES string of the molecule is CC1(C)CCCC(NCC2CCCS2)C1. The first-order chi connectivity index (χ1) is 7.16. The molecular formula is C13H25NS. The molecule has 1 nitrogen and oxygen atoms in total. The lowest BCUT2D eigenvalue weighted by molar-refractivity contribution is 0.199. The summed E-state index contributed by atoms with van der Waals surface area (Å²) in [6, 6.07) is 0.801. The molecule has 0 radical (unpaired) electrons. The fourth-order valence-corrected chi connectivity index (χ4v) is 4.19. The van der Waals surface area contributed by atoms with Crippen molar-refractivity contribution in [3.8, 4) is 0 Å². The van der Waals surface area contributed by atoms with Gasteiger partial charge >= 0.3 is 0 Å². The third-order valence-corrected chi connectivity index (χ3v) is 5.26. The number of hydrogen-bond acceptors (Lipinski definition) is 2. The summed E-state index contributed by atoms with van der Waals surface area (Å²) in [5.74, 6) is 1.39. The van der Waals surface area contributed by atoms with Crippen molar-refractivity contribution in [1.82, 2.24) is 5.32 Å². The third-order valence-electron chi connectivity index (χ3n) is 3.86. The van der Waals surface area contributed by atoms with E-state index in [0.717, 1.165) is 11.3 Å². The van der Waals surface area contributed by atoms with Crippen LogP contribution in [0.2, 0.25) is 0 Å². The highest BCUT2D eigenvalue weighted by Crippen LogP contribution is 2.35. The van der Waals surface area contributed by atoms with Gasteiger partial charge in [-0.05, 0) is 43.3 Å². The average molecular weight is 227 g/mol. The molecule has 2 heteroatoms. The highest BCUT2D eigenvalue weighted by molar-refractivity contribution is 8.00. The van der Waals surface area contributed by atoms with Gasteiger partial charge in [-0.25, -0.2) is 0 Å². The van der Waals surface area contributed by atoms with Crippen LogP contribution in [-0.4, -0.2) is 23.6 Å². The highest BCUT2D eigenvalue weighted by Gasteiger charge is 2.28. The molecule has 0 aromatic rings. The molecule has 0 bridgehead atoms. The maximum absolute atomic E-state index is 3.80. The first-order valence-electron chi connectivity index (χ1n) is 6.51. The Balaban J connectivity index is 1.69. The summed E-state index contributed by atoms with van der Waals surface area (Å²) in [5, 5.41) is 4.71. The molecule has 1 aliphatic carbocycles. The Labute approximate surface area is 98.8 Å². The minimum atomic E-state index is 0.582. The molecule has 1 saturated heterocycles. The zero-order valence-corrected chi connectivity index (χ0v) is 11.0. The van der Waals surface area contributed by atoms with Gasteiger partial charge in [0.2, 0.25) is 0 Å². The van der Waals surface area contributed by atoms with Crippen molar-refractivity contribution in [1.29, 1.82) is 0 Å². The molecule has 0 aromatic carbocycles. The molecule has 0 aromatic heterocycles. The average Bonchev–Trinajstić information content (AvgIpc) is 2.65. The lowest BCUT2D eigenvalue weighted by Crippen LogP contribution is -2.39. The van der Waals surface area contributed by atoms with Crippen molar-refractivity contribution in [2.24, 2.45) is 5.41 Å². The van der Waals surface area contributed by atoms with Crippen LogP contribution in [0.3, 0.4) is 0 Å². The minimum Gasteiger partial charge on any atom is -0.313 e. The normalized spacial score (nSPS) is 35.6. The summed E-state index contributed by atoms with van der Waals surface area (Å²) in [7, 11) is 0. The van der Waals surface area contributed by atoms with Gasteiger partial charge in [0.25, 0.3) is 0 Å². The quantitative estimate of drug-likeness (QED) is 0.792. The van der Waals surface area contributed by atoms with Crippen molar-refractivity contribution in [2.45, 2.75) is 63.7 Å². The Morgan fingerprint density at radius 2 is 2.13 bits per heavy atom. The first kappa shape index (κ1) is 11.8. The van der Waals surface area contributed by atoms with Crippen LogP contribution in [0.4, 0.5) is 0 Å². The predicted octanol–water partition coefficient (Wildman–Crippen LogP) is 3.44. The van der Waals surface area contributed by atoms with E-state index in [9.17, 15) is 0 Å². The number of nitrogens with one attached hydrogen (secondary N) is 1. The molecule has 2 unspecified atom stereocenters. The maximum atomic E-state index is 3.80. The van der Waals surface area contributed by atoms with E-state index < -0.39 is 0 Å². The van der Waals surface area contributed by atoms with Crippen molar-refractivity contribution >= 4 is 11.8 Å². The van der Waals surface area contributed by atoms with Crippen LogP contribution < -0.4 is 5.32 Å². The van der Waals surface area contributed by atoms with Gasteiger partial charge in [0.15, 0.2) is 0 Å². The monoisotopic (exact) mass is 227 g/mol. The van der Waals surface area contributed by atoms with E-state index in [1.165, 1.54) is 50.8 Å². The van der Waals surface area contributed by atoms with E-state index in [1.807, 2.05) is 0 Å². The van der Waals surface area contributed by atoms with E-state index in [-0.39, 0.29) is 0 Å². The molecule has 1 aliphatic heterocycles. The standard InChI is InChI=1S/C13H25NS/c1-13(2)7-3-5-11(9-13)14-10-12-6-4-8-15-12/h11-12,14H,3-10H2,1-2H3. The summed E-state index contributed by atoms with van der Waals surface area (Å²) in [6.45, 7) is 6.10. The van der Waals surface area contributed by atoms with Gasteiger partial charge in [-0.3, -0.25) is 0 Å². The van der Waals surface area contributed by atoms with Crippen LogP contribution in [-0.2, 0) is 0 Å². The Morgan fingerprint density at radius 3 is 2.80 bits per heavy atom. The summed E-state index contributed by atoms with van der Waals surface area (Å²) in [4.78, 5) is 0. The van der Waals surface area contributed by atoms with Crippen LogP contribution in [0.15, 0.2) is 0 Å². The highest BCUT2D eigenvalue weighted by atomic mass is 32.2. The Hall–Kier alpha value is 0.310. The molecule has 2 fully saturated rings. The topological polar surface area (TPSA) is 12.0 Å². The summed E-state index contributed by atoms with van der Waals surface area (Å²) in [6.07, 6.45) is 8.50. The number of rotatable bonds is 3. The molecule has 15 heavy (non-hydrogen) atoms. The van der Waals surface area contributed by atoms with Gasteiger partial charge in [0.1, 0.15) is 0 Å². The second-order valence-corrected chi connectivity index (χ2v) is 7.41. The molecule has 1 N–H and O–H groups in total. The van der Waals surface area contributed by atoms with Crippen molar-refractivity contribution in [2.75, 3.05) is 12.3 Å². The zero-order valence-electron chi connectivity index (χ0n) is 10.2. The van der Waals surface area contributed by atoms with Crippen molar-refractivity contribution < 1.29 is 0 Å². The third kappa shape index (κ3) is 3.67. The van der Waals surface area contributed by atoms with Gasteiger partial charge < -0.3 is 5.32 Å². The van der Waals surface area contributed by atoms with E-state index in [0.29, 0.717) is 5.41 Å². The van der Waals surface area contributed by atoms with E-state index in [4.69, 9.17) is 0 Å². The lowest BCUT2D eigenvalue weighted by Gasteiger charge is -2.36. The fourth-order valence-electron chi connectivity index (χ4n) is 2.98. The zero-order chi connectivity index (χ0) is 10.7. The molecule has 1 heterocycles. The molecule has 1 saturated carbocycles. The summed E-state index contributed by atoms with van der Waals surface area (Å²) in [5.41, 5.74) is 0.582. The molecular weight excluding hydrogens is 202 g/mol. The Morgan fingerprint density at radius 1 is 1.27 bits per heavy atom. The molecule has 2 aliphatic rings. The second-order valence-electron chi connectivity index (χ2n) is 6.00. The molecule has 2 atom stereocenters. The summed E-state index contributed by atoms with van der Waals surface area (Å²) >= 11 is 2.17. The van der Waals surface area contributed by atoms with Gasteiger partial charge in [-0.15, -0.1) is 0 Å². The van der Waals surface area contributed by atoms with Gasteiger partial charge in [0.05, 0.1) is 0 Å². The van der Waals surface area contributed by atoms with Crippen LogP contribution in [0.25, 0.3) is 0 Å². The van der Waals surface area contributed by atoms with Gasteiger partial charge in [-0.2, -0.15) is 11.8 Å². The van der Waals surface area contributed by atoms with Crippen molar-refractivity contribution in [3.63, 3.8) is 0 Å². The molecule has 2 rings (SSSR count). The minimum absolute atomic E-state index is 0.582. The Kier molecular flexibility index (Phi) is 4.00.